The lowest BCUT2D eigenvalue weighted by Crippen LogP contribution is -2.45. The number of carbonyl (C=O) groups is 1. The number of rotatable bonds is 6. The van der Waals surface area contributed by atoms with E-state index in [1.807, 2.05) is 11.8 Å². The Hall–Kier alpha value is -0.110. The Kier molecular flexibility index (Phi) is 4.38. The van der Waals surface area contributed by atoms with E-state index in [0.717, 1.165) is 31.6 Å². The summed E-state index contributed by atoms with van der Waals surface area (Å²) in [4.78, 5) is 12.4. The van der Waals surface area contributed by atoms with Crippen molar-refractivity contribution in [2.75, 3.05) is 24.6 Å². The molecule has 2 aliphatic carbocycles. The number of nitrogens with one attached hydrogen (secondary N) is 2. The summed E-state index contributed by atoms with van der Waals surface area (Å²) in [5.41, 5.74) is -0.856. The first-order valence-corrected chi connectivity index (χ1v) is 10.8. The zero-order chi connectivity index (χ0) is 16.0. The van der Waals surface area contributed by atoms with Crippen LogP contribution in [0.1, 0.15) is 39.5 Å². The summed E-state index contributed by atoms with van der Waals surface area (Å²) in [7, 11) is -3.41. The molecular weight excluding hydrogens is 320 g/mol. The van der Waals surface area contributed by atoms with Gasteiger partial charge in [-0.1, -0.05) is 13.8 Å². The maximum atomic E-state index is 12.5. The molecule has 0 aromatic carbocycles. The van der Waals surface area contributed by atoms with Crippen molar-refractivity contribution in [2.45, 2.75) is 44.9 Å². The van der Waals surface area contributed by atoms with Gasteiger partial charge in [-0.25, -0.2) is 13.1 Å². The smallest absolute Gasteiger partial charge is 0.212 e. The van der Waals surface area contributed by atoms with E-state index in [1.165, 1.54) is 0 Å². The zero-order valence-electron chi connectivity index (χ0n) is 13.4. The highest BCUT2D eigenvalue weighted by Gasteiger charge is 2.65. The molecule has 2 saturated carbocycles. The molecule has 0 spiro atoms. The van der Waals surface area contributed by atoms with E-state index in [0.29, 0.717) is 24.3 Å². The molecule has 2 N–H and O–H groups in total. The van der Waals surface area contributed by atoms with E-state index < -0.39 is 15.4 Å². The Morgan fingerprint density at radius 1 is 1.41 bits per heavy atom. The molecule has 1 saturated heterocycles. The van der Waals surface area contributed by atoms with Gasteiger partial charge in [0.1, 0.15) is 5.78 Å². The third-order valence-corrected chi connectivity index (χ3v) is 8.86. The lowest BCUT2D eigenvalue weighted by atomic mass is 9.70. The second-order valence-corrected chi connectivity index (χ2v) is 10.5. The van der Waals surface area contributed by atoms with Crippen LogP contribution in [-0.4, -0.2) is 44.2 Å². The van der Waals surface area contributed by atoms with Crippen LogP contribution < -0.4 is 10.0 Å². The highest BCUT2D eigenvalue weighted by Crippen LogP contribution is 2.64. The van der Waals surface area contributed by atoms with Crippen LogP contribution >= 0.6 is 11.8 Å². The van der Waals surface area contributed by atoms with E-state index in [1.54, 1.807) is 0 Å². The number of Topliss-reactive ketones (excluding diaryl/α,β-unsaturated/α-hetero) is 1. The van der Waals surface area contributed by atoms with Crippen LogP contribution in [0.4, 0.5) is 0 Å². The fourth-order valence-electron chi connectivity index (χ4n) is 4.49. The Morgan fingerprint density at radius 3 is 2.73 bits per heavy atom. The van der Waals surface area contributed by atoms with Gasteiger partial charge in [0.15, 0.2) is 0 Å². The number of fused-ring (bicyclic) bond motifs is 2. The van der Waals surface area contributed by atoms with Crippen LogP contribution in [0.15, 0.2) is 0 Å². The molecule has 3 atom stereocenters. The standard InChI is InChI=1S/C15H26N2O3S2/c1-14(2)11-3-5-15(14,12(18)9-11)10-22(19,20)17-6-4-13-16-7-8-21-13/h11,13,16-17H,3-10H2,1-2H3. The van der Waals surface area contributed by atoms with E-state index in [9.17, 15) is 13.2 Å². The molecular formula is C15H26N2O3S2. The molecule has 3 fully saturated rings. The van der Waals surface area contributed by atoms with Crippen LogP contribution in [-0.2, 0) is 14.8 Å². The van der Waals surface area contributed by atoms with Crippen molar-refractivity contribution >= 4 is 27.6 Å². The Bertz CT molecular complexity index is 555. The van der Waals surface area contributed by atoms with Crippen LogP contribution in [0.25, 0.3) is 0 Å². The van der Waals surface area contributed by atoms with Gasteiger partial charge in [-0.15, -0.1) is 11.8 Å². The Balaban J connectivity index is 1.62. The number of sulfonamides is 1. The normalized spacial score (nSPS) is 37.1. The molecule has 0 radical (unpaired) electrons. The summed E-state index contributed by atoms with van der Waals surface area (Å²) in [6.07, 6.45) is 3.06. The molecule has 3 aliphatic rings. The van der Waals surface area contributed by atoms with Crippen molar-refractivity contribution in [2.24, 2.45) is 16.7 Å². The van der Waals surface area contributed by atoms with E-state index in [2.05, 4.69) is 23.9 Å². The first-order valence-electron chi connectivity index (χ1n) is 8.12. The quantitative estimate of drug-likeness (QED) is 0.759. The average Bonchev–Trinajstić information content (AvgIpc) is 3.04. The molecule has 5 nitrogen and oxygen atoms in total. The number of thioether (sulfide) groups is 1. The highest BCUT2D eigenvalue weighted by atomic mass is 32.2. The molecule has 0 amide bonds. The monoisotopic (exact) mass is 346 g/mol. The van der Waals surface area contributed by atoms with E-state index in [-0.39, 0.29) is 17.0 Å². The number of ketones is 1. The third kappa shape index (κ3) is 2.74. The summed E-state index contributed by atoms with van der Waals surface area (Å²) in [6, 6.07) is 0. The van der Waals surface area contributed by atoms with Gasteiger partial charge >= 0.3 is 0 Å². The summed E-state index contributed by atoms with van der Waals surface area (Å²) in [5, 5.41) is 3.68. The Labute approximate surface area is 137 Å². The highest BCUT2D eigenvalue weighted by molar-refractivity contribution is 8.00. The second kappa shape index (κ2) is 5.76. The van der Waals surface area contributed by atoms with Crippen molar-refractivity contribution in [3.63, 3.8) is 0 Å². The van der Waals surface area contributed by atoms with Gasteiger partial charge in [0.25, 0.3) is 0 Å². The predicted octanol–water partition coefficient (Wildman–Crippen LogP) is 1.35. The van der Waals surface area contributed by atoms with Crippen LogP contribution in [0.2, 0.25) is 0 Å². The lowest BCUT2D eigenvalue weighted by Gasteiger charge is -2.36. The molecule has 3 unspecified atom stereocenters. The summed E-state index contributed by atoms with van der Waals surface area (Å²) >= 11 is 1.84. The topological polar surface area (TPSA) is 75.3 Å². The summed E-state index contributed by atoms with van der Waals surface area (Å²) < 4.78 is 27.7. The van der Waals surface area contributed by atoms with Crippen molar-refractivity contribution in [1.82, 2.24) is 10.0 Å². The zero-order valence-corrected chi connectivity index (χ0v) is 15.0. The van der Waals surface area contributed by atoms with Crippen molar-refractivity contribution < 1.29 is 13.2 Å². The van der Waals surface area contributed by atoms with Gasteiger partial charge in [-0.05, 0) is 30.6 Å². The van der Waals surface area contributed by atoms with Gasteiger partial charge in [-0.2, -0.15) is 0 Å². The van der Waals surface area contributed by atoms with Crippen molar-refractivity contribution in [3.8, 4) is 0 Å². The van der Waals surface area contributed by atoms with Gasteiger partial charge in [0, 0.05) is 30.7 Å². The molecule has 126 valence electrons. The fourth-order valence-corrected chi connectivity index (χ4v) is 7.39. The van der Waals surface area contributed by atoms with Crippen LogP contribution in [0.3, 0.4) is 0 Å². The molecule has 3 rings (SSSR count). The van der Waals surface area contributed by atoms with E-state index in [4.69, 9.17) is 0 Å². The van der Waals surface area contributed by atoms with Gasteiger partial charge in [0.2, 0.25) is 10.0 Å². The molecule has 0 aromatic heterocycles. The van der Waals surface area contributed by atoms with Crippen molar-refractivity contribution in [1.29, 1.82) is 0 Å². The molecule has 7 heteroatoms. The van der Waals surface area contributed by atoms with E-state index >= 15 is 0 Å². The second-order valence-electron chi connectivity index (χ2n) is 7.42. The van der Waals surface area contributed by atoms with Gasteiger partial charge in [-0.3, -0.25) is 4.79 Å². The minimum absolute atomic E-state index is 0.0342. The summed E-state index contributed by atoms with van der Waals surface area (Å²) in [6.45, 7) is 5.59. The molecule has 1 heterocycles. The number of carbonyl (C=O) groups excluding carboxylic acids is 1. The largest absolute Gasteiger partial charge is 0.304 e. The molecule has 1 aliphatic heterocycles. The lowest BCUT2D eigenvalue weighted by molar-refractivity contribution is -0.128. The SMILES string of the molecule is CC1(C)C2CCC1(CS(=O)(=O)NCCC1NCCS1)C(=O)C2. The number of hydrogen-bond acceptors (Lipinski definition) is 5. The number of hydrogen-bond donors (Lipinski definition) is 2. The first kappa shape index (κ1) is 16.7. The maximum Gasteiger partial charge on any atom is 0.212 e. The Morgan fingerprint density at radius 2 is 2.18 bits per heavy atom. The third-order valence-electron chi connectivity index (χ3n) is 6.10. The summed E-state index contributed by atoms with van der Waals surface area (Å²) in [5.74, 6) is 1.57. The maximum absolute atomic E-state index is 12.5. The van der Waals surface area contributed by atoms with Crippen LogP contribution in [0, 0.1) is 16.7 Å². The van der Waals surface area contributed by atoms with Crippen molar-refractivity contribution in [3.05, 3.63) is 0 Å². The first-order chi connectivity index (χ1) is 10.3. The predicted molar refractivity (Wildman–Crippen MR) is 89.2 cm³/mol. The minimum Gasteiger partial charge on any atom is -0.304 e. The minimum atomic E-state index is -3.41. The fraction of sp³-hybridized carbons (Fsp3) is 0.933. The molecule has 2 bridgehead atoms. The van der Waals surface area contributed by atoms with Gasteiger partial charge < -0.3 is 5.32 Å². The molecule has 0 aromatic rings. The molecule has 22 heavy (non-hydrogen) atoms. The van der Waals surface area contributed by atoms with Gasteiger partial charge in [0.05, 0.1) is 11.1 Å². The van der Waals surface area contributed by atoms with Crippen LogP contribution in [0.5, 0.6) is 0 Å². The average molecular weight is 347 g/mol.